The molecule has 29 heavy (non-hydrogen) atoms. The van der Waals surface area contributed by atoms with Crippen LogP contribution in [0.3, 0.4) is 0 Å². The van der Waals surface area contributed by atoms with Crippen LogP contribution in [0.2, 0.25) is 0 Å². The van der Waals surface area contributed by atoms with Gasteiger partial charge in [-0.1, -0.05) is 51.2 Å². The minimum Gasteiger partial charge on any atom is -0.494 e. The van der Waals surface area contributed by atoms with Gasteiger partial charge >= 0.3 is 5.97 Å². The van der Waals surface area contributed by atoms with Gasteiger partial charge in [-0.25, -0.2) is 0 Å². The number of fused-ring (bicyclic) bond motifs is 2. The second-order valence-corrected chi connectivity index (χ2v) is 7.66. The highest BCUT2D eigenvalue weighted by molar-refractivity contribution is 5.78. The Morgan fingerprint density at radius 2 is 1.66 bits per heavy atom. The van der Waals surface area contributed by atoms with E-state index in [2.05, 4.69) is 6.92 Å². The largest absolute Gasteiger partial charge is 0.494 e. The summed E-state index contributed by atoms with van der Waals surface area (Å²) in [4.78, 5) is 12.1. The summed E-state index contributed by atoms with van der Waals surface area (Å²) in [5.41, 5.74) is 2.02. The normalized spacial score (nSPS) is 17.0. The summed E-state index contributed by atoms with van der Waals surface area (Å²) in [6.07, 6.45) is 7.81. The molecule has 0 saturated carbocycles. The second kappa shape index (κ2) is 9.21. The average Bonchev–Trinajstić information content (AvgIpc) is 3.19. The lowest BCUT2D eigenvalue weighted by Crippen LogP contribution is -2.20. The van der Waals surface area contributed by atoms with Gasteiger partial charge in [0, 0.05) is 17.5 Å². The SMILES string of the molecule is CCCCCCCCOc1ccc([C@@H]2CC(=O)Oc3cc4c(cc32)OCO4)cc1. The molecule has 2 aromatic rings. The van der Waals surface area contributed by atoms with Gasteiger partial charge < -0.3 is 18.9 Å². The van der Waals surface area contributed by atoms with Gasteiger partial charge in [0.05, 0.1) is 13.0 Å². The second-order valence-electron chi connectivity index (χ2n) is 7.66. The van der Waals surface area contributed by atoms with Gasteiger partial charge in [-0.3, -0.25) is 4.79 Å². The lowest BCUT2D eigenvalue weighted by Gasteiger charge is -2.25. The first kappa shape index (κ1) is 19.6. The van der Waals surface area contributed by atoms with Crippen LogP contribution < -0.4 is 18.9 Å². The van der Waals surface area contributed by atoms with Crippen LogP contribution in [0.1, 0.15) is 68.9 Å². The van der Waals surface area contributed by atoms with Crippen LogP contribution in [0.25, 0.3) is 0 Å². The molecular weight excluding hydrogens is 368 g/mol. The number of hydrogen-bond acceptors (Lipinski definition) is 5. The Morgan fingerprint density at radius 3 is 2.45 bits per heavy atom. The zero-order valence-electron chi connectivity index (χ0n) is 16.9. The molecule has 0 unspecified atom stereocenters. The fraction of sp³-hybridized carbons (Fsp3) is 0.458. The first-order valence-corrected chi connectivity index (χ1v) is 10.6. The van der Waals surface area contributed by atoms with E-state index < -0.39 is 0 Å². The van der Waals surface area contributed by atoms with Gasteiger partial charge in [0.1, 0.15) is 11.5 Å². The number of hydrogen-bond donors (Lipinski definition) is 0. The quantitative estimate of drug-likeness (QED) is 0.314. The molecule has 2 aliphatic rings. The van der Waals surface area contributed by atoms with E-state index in [0.717, 1.165) is 29.9 Å². The van der Waals surface area contributed by atoms with E-state index in [4.69, 9.17) is 18.9 Å². The summed E-state index contributed by atoms with van der Waals surface area (Å²) in [5.74, 6) is 2.45. The molecule has 5 heteroatoms. The molecule has 0 fully saturated rings. The molecule has 0 aliphatic carbocycles. The van der Waals surface area contributed by atoms with Crippen LogP contribution in [0, 0.1) is 0 Å². The summed E-state index contributed by atoms with van der Waals surface area (Å²) < 4.78 is 22.2. The van der Waals surface area contributed by atoms with Crippen molar-refractivity contribution < 1.29 is 23.7 Å². The Labute approximate surface area is 171 Å². The molecule has 0 radical (unpaired) electrons. The zero-order chi connectivity index (χ0) is 20.1. The Balaban J connectivity index is 1.39. The van der Waals surface area contributed by atoms with Crippen LogP contribution in [0.15, 0.2) is 36.4 Å². The zero-order valence-corrected chi connectivity index (χ0v) is 16.9. The van der Waals surface area contributed by atoms with E-state index in [1.807, 2.05) is 30.3 Å². The first-order valence-electron chi connectivity index (χ1n) is 10.6. The van der Waals surface area contributed by atoms with Crippen LogP contribution >= 0.6 is 0 Å². The average molecular weight is 396 g/mol. The van der Waals surface area contributed by atoms with Crippen molar-refractivity contribution in [2.45, 2.75) is 57.8 Å². The van der Waals surface area contributed by atoms with E-state index in [-0.39, 0.29) is 18.7 Å². The highest BCUT2D eigenvalue weighted by atomic mass is 16.7. The Kier molecular flexibility index (Phi) is 6.23. The molecule has 0 amide bonds. The van der Waals surface area contributed by atoms with Crippen molar-refractivity contribution in [1.29, 1.82) is 0 Å². The Morgan fingerprint density at radius 1 is 0.931 bits per heavy atom. The number of carbonyl (C=O) groups excluding carboxylic acids is 1. The van der Waals surface area contributed by atoms with E-state index in [9.17, 15) is 4.79 Å². The van der Waals surface area contributed by atoms with Gasteiger partial charge in [-0.15, -0.1) is 0 Å². The van der Waals surface area contributed by atoms with Crippen molar-refractivity contribution >= 4 is 5.97 Å². The van der Waals surface area contributed by atoms with Gasteiger partial charge in [-0.2, -0.15) is 0 Å². The standard InChI is InChI=1S/C24H28O5/c1-2-3-4-5-6-7-12-26-18-10-8-17(9-11-18)19-14-24(25)29-21-15-23-22(13-20(19)21)27-16-28-23/h8-11,13,15,19H,2-7,12,14,16H2,1H3/t19-/m0/s1. The molecule has 4 rings (SSSR count). The summed E-state index contributed by atoms with van der Waals surface area (Å²) in [5, 5.41) is 0. The maximum atomic E-state index is 12.1. The van der Waals surface area contributed by atoms with Gasteiger partial charge in [0.15, 0.2) is 11.5 Å². The van der Waals surface area contributed by atoms with Crippen molar-refractivity contribution in [3.8, 4) is 23.0 Å². The highest BCUT2D eigenvalue weighted by Gasteiger charge is 2.31. The molecule has 0 aromatic heterocycles. The van der Waals surface area contributed by atoms with Crippen molar-refractivity contribution in [2.75, 3.05) is 13.4 Å². The third-order valence-electron chi connectivity index (χ3n) is 5.52. The van der Waals surface area contributed by atoms with E-state index >= 15 is 0 Å². The fourth-order valence-electron chi connectivity index (χ4n) is 3.91. The molecule has 0 spiro atoms. The minimum absolute atomic E-state index is 0.0617. The van der Waals surface area contributed by atoms with Gasteiger partial charge in [-0.05, 0) is 30.2 Å². The summed E-state index contributed by atoms with van der Waals surface area (Å²) >= 11 is 0. The molecule has 1 atom stereocenters. The Hall–Kier alpha value is -2.69. The molecule has 2 aliphatic heterocycles. The number of rotatable bonds is 9. The predicted molar refractivity (Wildman–Crippen MR) is 110 cm³/mol. The topological polar surface area (TPSA) is 54.0 Å². The monoisotopic (exact) mass is 396 g/mol. The molecule has 0 bridgehead atoms. The third kappa shape index (κ3) is 4.66. The minimum atomic E-state index is -0.232. The number of benzene rings is 2. The molecule has 2 aromatic carbocycles. The van der Waals surface area contributed by atoms with Crippen molar-refractivity contribution in [2.24, 2.45) is 0 Å². The molecule has 0 N–H and O–H groups in total. The van der Waals surface area contributed by atoms with Crippen LogP contribution in [0.5, 0.6) is 23.0 Å². The van der Waals surface area contributed by atoms with Crippen LogP contribution in [0.4, 0.5) is 0 Å². The van der Waals surface area contributed by atoms with Crippen molar-refractivity contribution in [1.82, 2.24) is 0 Å². The maximum Gasteiger partial charge on any atom is 0.312 e. The molecule has 2 heterocycles. The van der Waals surface area contributed by atoms with Gasteiger partial charge in [0.2, 0.25) is 6.79 Å². The predicted octanol–water partition coefficient (Wildman–Crippen LogP) is 5.60. The fourth-order valence-corrected chi connectivity index (χ4v) is 3.91. The van der Waals surface area contributed by atoms with Crippen LogP contribution in [-0.4, -0.2) is 19.4 Å². The highest BCUT2D eigenvalue weighted by Crippen LogP contribution is 2.46. The lowest BCUT2D eigenvalue weighted by atomic mass is 9.86. The van der Waals surface area contributed by atoms with Crippen LogP contribution in [-0.2, 0) is 4.79 Å². The van der Waals surface area contributed by atoms with E-state index in [1.165, 1.54) is 32.1 Å². The number of carbonyl (C=O) groups is 1. The molecular formula is C24H28O5. The molecule has 5 nitrogen and oxygen atoms in total. The summed E-state index contributed by atoms with van der Waals surface area (Å²) in [7, 11) is 0. The number of esters is 1. The Bertz CT molecular complexity index is 843. The summed E-state index contributed by atoms with van der Waals surface area (Å²) in [6.45, 7) is 3.17. The van der Waals surface area contributed by atoms with Crippen molar-refractivity contribution in [3.05, 3.63) is 47.5 Å². The van der Waals surface area contributed by atoms with E-state index in [0.29, 0.717) is 23.7 Å². The van der Waals surface area contributed by atoms with E-state index in [1.54, 1.807) is 6.07 Å². The number of ether oxygens (including phenoxy) is 4. The van der Waals surface area contributed by atoms with Crippen molar-refractivity contribution in [3.63, 3.8) is 0 Å². The third-order valence-corrected chi connectivity index (χ3v) is 5.52. The smallest absolute Gasteiger partial charge is 0.312 e. The first-order chi connectivity index (χ1) is 14.2. The molecule has 154 valence electrons. The summed E-state index contributed by atoms with van der Waals surface area (Å²) in [6, 6.07) is 11.7. The molecule has 0 saturated heterocycles. The number of unbranched alkanes of at least 4 members (excludes halogenated alkanes) is 5. The lowest BCUT2D eigenvalue weighted by molar-refractivity contribution is -0.135. The maximum absolute atomic E-state index is 12.1. The van der Waals surface area contributed by atoms with Gasteiger partial charge in [0.25, 0.3) is 0 Å².